The topological polar surface area (TPSA) is 96.8 Å². The Morgan fingerprint density at radius 2 is 2.14 bits per heavy atom. The number of hydrogen-bond donors (Lipinski definition) is 2. The maximum absolute atomic E-state index is 11.4. The standard InChI is InChI=1S/C14H16N4O3/c1-14(2,7-20-3)12-17-11(21-18-12)8-5-4-6-9-10(8)16-13(19)15-9/h4-6H,7H2,1-3H3,(H2,15,16,19). The molecule has 1 aromatic carbocycles. The molecule has 0 amide bonds. The van der Waals surface area contributed by atoms with Crippen molar-refractivity contribution in [2.75, 3.05) is 13.7 Å². The first-order valence-corrected chi connectivity index (χ1v) is 6.56. The number of benzene rings is 1. The average Bonchev–Trinajstić information content (AvgIpc) is 3.03. The van der Waals surface area contributed by atoms with Gasteiger partial charge in [-0.15, -0.1) is 0 Å². The molecule has 2 heterocycles. The second-order valence-corrected chi connectivity index (χ2v) is 5.55. The number of ether oxygens (including phenoxy) is 1. The summed E-state index contributed by atoms with van der Waals surface area (Å²) in [5.74, 6) is 0.935. The number of imidazole rings is 1. The molecule has 0 aliphatic heterocycles. The fourth-order valence-corrected chi connectivity index (χ4v) is 2.27. The molecule has 0 fully saturated rings. The summed E-state index contributed by atoms with van der Waals surface area (Å²) < 4.78 is 10.5. The lowest BCUT2D eigenvalue weighted by Gasteiger charge is -2.18. The van der Waals surface area contributed by atoms with Gasteiger partial charge in [-0.3, -0.25) is 0 Å². The number of fused-ring (bicyclic) bond motifs is 1. The molecule has 0 spiro atoms. The summed E-state index contributed by atoms with van der Waals surface area (Å²) >= 11 is 0. The van der Waals surface area contributed by atoms with E-state index in [1.807, 2.05) is 32.0 Å². The first-order chi connectivity index (χ1) is 10.0. The minimum atomic E-state index is -0.351. The van der Waals surface area contributed by atoms with Crippen molar-refractivity contribution in [3.8, 4) is 11.5 Å². The van der Waals surface area contributed by atoms with Crippen molar-refractivity contribution in [1.29, 1.82) is 0 Å². The zero-order valence-electron chi connectivity index (χ0n) is 12.1. The minimum absolute atomic E-state index is 0.267. The maximum atomic E-state index is 11.4. The van der Waals surface area contributed by atoms with E-state index in [-0.39, 0.29) is 11.1 Å². The number of para-hydroxylation sites is 1. The Hall–Kier alpha value is -2.41. The predicted octanol–water partition coefficient (Wildman–Crippen LogP) is 1.83. The number of aromatic amines is 2. The fraction of sp³-hybridized carbons (Fsp3) is 0.357. The number of nitrogens with zero attached hydrogens (tertiary/aromatic N) is 2. The van der Waals surface area contributed by atoms with E-state index in [1.165, 1.54) is 0 Å². The van der Waals surface area contributed by atoms with Crippen LogP contribution in [0.4, 0.5) is 0 Å². The second-order valence-electron chi connectivity index (χ2n) is 5.55. The molecule has 21 heavy (non-hydrogen) atoms. The Balaban J connectivity index is 2.08. The van der Waals surface area contributed by atoms with Crippen LogP contribution in [-0.2, 0) is 10.2 Å². The molecule has 7 heteroatoms. The molecule has 2 N–H and O–H groups in total. The van der Waals surface area contributed by atoms with Gasteiger partial charge in [0, 0.05) is 7.11 Å². The molecule has 0 aliphatic rings. The van der Waals surface area contributed by atoms with E-state index in [4.69, 9.17) is 9.26 Å². The van der Waals surface area contributed by atoms with Crippen molar-refractivity contribution in [3.05, 3.63) is 34.5 Å². The molecule has 7 nitrogen and oxygen atoms in total. The van der Waals surface area contributed by atoms with Crippen LogP contribution < -0.4 is 5.69 Å². The van der Waals surface area contributed by atoms with E-state index in [2.05, 4.69) is 20.1 Å². The van der Waals surface area contributed by atoms with Crippen LogP contribution in [0.25, 0.3) is 22.5 Å². The van der Waals surface area contributed by atoms with Gasteiger partial charge in [-0.1, -0.05) is 25.1 Å². The van der Waals surface area contributed by atoms with E-state index in [0.29, 0.717) is 34.9 Å². The first-order valence-electron chi connectivity index (χ1n) is 6.56. The van der Waals surface area contributed by atoms with Crippen molar-refractivity contribution < 1.29 is 9.26 Å². The van der Waals surface area contributed by atoms with Gasteiger partial charge in [0.2, 0.25) is 0 Å². The van der Waals surface area contributed by atoms with Gasteiger partial charge in [0.25, 0.3) is 5.89 Å². The molecule has 3 rings (SSSR count). The number of rotatable bonds is 4. The number of nitrogens with one attached hydrogen (secondary N) is 2. The van der Waals surface area contributed by atoms with E-state index in [1.54, 1.807) is 7.11 Å². The molecule has 0 bridgehead atoms. The summed E-state index contributed by atoms with van der Waals surface area (Å²) in [5.41, 5.74) is 1.43. The normalized spacial score (nSPS) is 12.1. The first kappa shape index (κ1) is 13.6. The predicted molar refractivity (Wildman–Crippen MR) is 77.1 cm³/mol. The van der Waals surface area contributed by atoms with Gasteiger partial charge in [0.1, 0.15) is 0 Å². The molecule has 0 radical (unpaired) electrons. The number of hydrogen-bond acceptors (Lipinski definition) is 5. The van der Waals surface area contributed by atoms with Crippen LogP contribution >= 0.6 is 0 Å². The van der Waals surface area contributed by atoms with Crippen molar-refractivity contribution in [1.82, 2.24) is 20.1 Å². The Bertz CT molecular complexity index is 828. The van der Waals surface area contributed by atoms with Crippen LogP contribution in [0.5, 0.6) is 0 Å². The zero-order chi connectivity index (χ0) is 15.0. The van der Waals surface area contributed by atoms with Crippen LogP contribution in [0.15, 0.2) is 27.5 Å². The van der Waals surface area contributed by atoms with Crippen molar-refractivity contribution in [2.45, 2.75) is 19.3 Å². The van der Waals surface area contributed by atoms with E-state index < -0.39 is 0 Å². The number of H-pyrrole nitrogens is 2. The minimum Gasteiger partial charge on any atom is -0.384 e. The van der Waals surface area contributed by atoms with Crippen molar-refractivity contribution in [3.63, 3.8) is 0 Å². The summed E-state index contributed by atoms with van der Waals surface area (Å²) in [6.07, 6.45) is 0. The van der Waals surface area contributed by atoms with E-state index in [9.17, 15) is 4.79 Å². The third kappa shape index (κ3) is 2.36. The monoisotopic (exact) mass is 288 g/mol. The van der Waals surface area contributed by atoms with Crippen LogP contribution in [0, 0.1) is 0 Å². The molecular weight excluding hydrogens is 272 g/mol. The van der Waals surface area contributed by atoms with Gasteiger partial charge in [-0.05, 0) is 12.1 Å². The summed E-state index contributed by atoms with van der Waals surface area (Å²) in [6.45, 7) is 4.44. The smallest absolute Gasteiger partial charge is 0.323 e. The molecular formula is C14H16N4O3. The number of aromatic nitrogens is 4. The highest BCUT2D eigenvalue weighted by Crippen LogP contribution is 2.27. The molecule has 3 aromatic rings. The van der Waals surface area contributed by atoms with Gasteiger partial charge < -0.3 is 19.2 Å². The Morgan fingerprint density at radius 3 is 2.90 bits per heavy atom. The maximum Gasteiger partial charge on any atom is 0.323 e. The van der Waals surface area contributed by atoms with Crippen LogP contribution in [0.3, 0.4) is 0 Å². The van der Waals surface area contributed by atoms with Crippen LogP contribution in [0.1, 0.15) is 19.7 Å². The molecule has 0 unspecified atom stereocenters. The average molecular weight is 288 g/mol. The van der Waals surface area contributed by atoms with Gasteiger partial charge in [0.15, 0.2) is 5.82 Å². The fourth-order valence-electron chi connectivity index (χ4n) is 2.27. The van der Waals surface area contributed by atoms with E-state index >= 15 is 0 Å². The summed E-state index contributed by atoms with van der Waals surface area (Å²) in [4.78, 5) is 21.3. The molecule has 110 valence electrons. The van der Waals surface area contributed by atoms with Gasteiger partial charge in [-0.25, -0.2) is 4.79 Å². The van der Waals surface area contributed by atoms with Crippen molar-refractivity contribution >= 4 is 11.0 Å². The third-order valence-electron chi connectivity index (χ3n) is 3.32. The zero-order valence-corrected chi connectivity index (χ0v) is 12.1. The highest BCUT2D eigenvalue weighted by molar-refractivity contribution is 5.89. The highest BCUT2D eigenvalue weighted by Gasteiger charge is 2.27. The molecule has 2 aromatic heterocycles. The summed E-state index contributed by atoms with van der Waals surface area (Å²) in [5, 5.41) is 4.03. The number of methoxy groups -OCH3 is 1. The lowest BCUT2D eigenvalue weighted by atomic mass is 9.94. The largest absolute Gasteiger partial charge is 0.384 e. The van der Waals surface area contributed by atoms with Crippen molar-refractivity contribution in [2.24, 2.45) is 0 Å². The van der Waals surface area contributed by atoms with Gasteiger partial charge >= 0.3 is 5.69 Å². The molecule has 0 saturated heterocycles. The molecule has 0 aliphatic carbocycles. The molecule has 0 saturated carbocycles. The Morgan fingerprint density at radius 1 is 1.33 bits per heavy atom. The summed E-state index contributed by atoms with van der Waals surface area (Å²) in [7, 11) is 1.63. The lowest BCUT2D eigenvalue weighted by molar-refractivity contribution is 0.141. The second kappa shape index (κ2) is 4.85. The Labute approximate surface area is 120 Å². The third-order valence-corrected chi connectivity index (χ3v) is 3.32. The quantitative estimate of drug-likeness (QED) is 0.763. The van der Waals surface area contributed by atoms with E-state index in [0.717, 1.165) is 0 Å². The SMILES string of the molecule is COCC(C)(C)c1noc(-c2cccc3[nH]c(=O)[nH]c23)n1. The van der Waals surface area contributed by atoms with Crippen LogP contribution in [-0.4, -0.2) is 33.8 Å². The van der Waals surface area contributed by atoms with Crippen LogP contribution in [0.2, 0.25) is 0 Å². The van der Waals surface area contributed by atoms with Gasteiger partial charge in [0.05, 0.1) is 28.6 Å². The summed E-state index contributed by atoms with van der Waals surface area (Å²) in [6, 6.07) is 5.46. The highest BCUT2D eigenvalue weighted by atomic mass is 16.5. The van der Waals surface area contributed by atoms with Gasteiger partial charge in [-0.2, -0.15) is 4.98 Å². The lowest BCUT2D eigenvalue weighted by Crippen LogP contribution is -2.25. The molecule has 0 atom stereocenters. The Kier molecular flexibility index (Phi) is 3.13.